The van der Waals surface area contributed by atoms with Gasteiger partial charge in [0.2, 0.25) is 5.91 Å². The Morgan fingerprint density at radius 3 is 2.31 bits per heavy atom. The minimum Gasteiger partial charge on any atom is -0.366 e. The largest absolute Gasteiger partial charge is 0.366 e. The summed E-state index contributed by atoms with van der Waals surface area (Å²) in [6.45, 7) is 2.05. The van der Waals surface area contributed by atoms with Crippen molar-refractivity contribution in [3.05, 3.63) is 94.5 Å². The van der Waals surface area contributed by atoms with Gasteiger partial charge in [-0.25, -0.2) is 0 Å². The normalized spacial score (nSPS) is 13.1. The minimum atomic E-state index is -0.448. The quantitative estimate of drug-likeness (QED) is 0.667. The van der Waals surface area contributed by atoms with Gasteiger partial charge in [0.05, 0.1) is 0 Å². The van der Waals surface area contributed by atoms with Crippen LogP contribution < -0.4 is 11.1 Å². The van der Waals surface area contributed by atoms with E-state index in [1.165, 1.54) is 5.56 Å². The van der Waals surface area contributed by atoms with Crippen molar-refractivity contribution in [2.24, 2.45) is 5.73 Å². The van der Waals surface area contributed by atoms with Crippen LogP contribution in [0, 0.1) is 6.92 Å². The van der Waals surface area contributed by atoms with Gasteiger partial charge in [0.15, 0.2) is 0 Å². The molecule has 0 radical (unpaired) electrons. The van der Waals surface area contributed by atoms with E-state index in [1.54, 1.807) is 12.1 Å². The van der Waals surface area contributed by atoms with E-state index in [1.807, 2.05) is 43.3 Å². The summed E-state index contributed by atoms with van der Waals surface area (Å²) < 4.78 is 0. The summed E-state index contributed by atoms with van der Waals surface area (Å²) in [5.41, 5.74) is 11.8. The molecule has 0 heterocycles. The number of primary amides is 1. The fourth-order valence-electron chi connectivity index (χ4n) is 3.56. The highest BCUT2D eigenvalue weighted by Gasteiger charge is 2.25. The van der Waals surface area contributed by atoms with Crippen LogP contribution in [-0.2, 0) is 6.42 Å². The van der Waals surface area contributed by atoms with Gasteiger partial charge >= 0.3 is 0 Å². The van der Waals surface area contributed by atoms with Crippen LogP contribution in [0.3, 0.4) is 0 Å². The molecule has 4 rings (SSSR count). The van der Waals surface area contributed by atoms with Crippen LogP contribution in [0.15, 0.2) is 66.7 Å². The molecule has 2 amide bonds. The van der Waals surface area contributed by atoms with E-state index >= 15 is 0 Å². The third kappa shape index (κ3) is 4.37. The number of nitrogens with one attached hydrogen (secondary N) is 1. The summed E-state index contributed by atoms with van der Waals surface area (Å²) in [6.07, 6.45) is 2.80. The molecule has 0 unspecified atom stereocenters. The van der Waals surface area contributed by atoms with Gasteiger partial charge in [-0.1, -0.05) is 48.5 Å². The van der Waals surface area contributed by atoms with Crippen LogP contribution in [0.4, 0.5) is 0 Å². The molecular formula is C25H24N2O2. The third-order valence-electron chi connectivity index (χ3n) is 5.33. The predicted octanol–water partition coefficient (Wildman–Crippen LogP) is 4.24. The zero-order valence-electron chi connectivity index (χ0n) is 16.4. The lowest BCUT2D eigenvalue weighted by Gasteiger charge is -2.15. The Labute approximate surface area is 170 Å². The maximum absolute atomic E-state index is 13.0. The first-order valence-corrected chi connectivity index (χ1v) is 9.90. The number of amides is 2. The number of aryl methyl sites for hydroxylation is 1. The Morgan fingerprint density at radius 2 is 1.69 bits per heavy atom. The van der Waals surface area contributed by atoms with Gasteiger partial charge < -0.3 is 11.1 Å². The first-order chi connectivity index (χ1) is 14.0. The molecule has 0 aromatic heterocycles. The Bertz CT molecular complexity index is 1050. The number of rotatable bonds is 6. The molecule has 1 fully saturated rings. The van der Waals surface area contributed by atoms with Gasteiger partial charge in [0.1, 0.15) is 0 Å². The summed E-state index contributed by atoms with van der Waals surface area (Å²) >= 11 is 0. The van der Waals surface area contributed by atoms with Crippen molar-refractivity contribution >= 4 is 11.8 Å². The molecule has 0 bridgehead atoms. The number of nitrogens with two attached hydrogens (primary N) is 1. The lowest BCUT2D eigenvalue weighted by molar-refractivity contribution is 0.0949. The summed E-state index contributed by atoms with van der Waals surface area (Å²) in [4.78, 5) is 24.3. The number of benzene rings is 3. The SMILES string of the molecule is Cc1cc(Cc2ccccc2)c(C(=O)NC2CC2)cc1-c1ccc(C(N)=O)cc1. The average molecular weight is 384 g/mol. The van der Waals surface area contributed by atoms with Crippen LogP contribution in [0.5, 0.6) is 0 Å². The van der Waals surface area contributed by atoms with Crippen LogP contribution in [0.25, 0.3) is 11.1 Å². The second-order valence-corrected chi connectivity index (χ2v) is 7.68. The Balaban J connectivity index is 1.74. The molecule has 146 valence electrons. The topological polar surface area (TPSA) is 72.2 Å². The lowest BCUT2D eigenvalue weighted by atomic mass is 9.91. The molecule has 0 saturated heterocycles. The lowest BCUT2D eigenvalue weighted by Crippen LogP contribution is -2.26. The third-order valence-corrected chi connectivity index (χ3v) is 5.33. The maximum Gasteiger partial charge on any atom is 0.251 e. The second kappa shape index (κ2) is 7.92. The first-order valence-electron chi connectivity index (χ1n) is 9.90. The second-order valence-electron chi connectivity index (χ2n) is 7.68. The van der Waals surface area contributed by atoms with E-state index in [2.05, 4.69) is 23.5 Å². The van der Waals surface area contributed by atoms with Gasteiger partial charge in [-0.2, -0.15) is 0 Å². The molecule has 3 aromatic carbocycles. The van der Waals surface area contributed by atoms with E-state index in [4.69, 9.17) is 5.73 Å². The van der Waals surface area contributed by atoms with Gasteiger partial charge in [-0.05, 0) is 72.2 Å². The zero-order valence-corrected chi connectivity index (χ0v) is 16.4. The van der Waals surface area contributed by atoms with Crippen LogP contribution in [0.2, 0.25) is 0 Å². The molecule has 3 aromatic rings. The molecule has 3 N–H and O–H groups in total. The molecule has 4 nitrogen and oxygen atoms in total. The van der Waals surface area contributed by atoms with Gasteiger partial charge in [0, 0.05) is 17.2 Å². The molecule has 1 saturated carbocycles. The monoisotopic (exact) mass is 384 g/mol. The molecule has 0 atom stereocenters. The number of hydrogen-bond donors (Lipinski definition) is 2. The predicted molar refractivity (Wildman–Crippen MR) is 115 cm³/mol. The molecule has 0 spiro atoms. The van der Waals surface area contributed by atoms with Crippen molar-refractivity contribution in [2.75, 3.05) is 0 Å². The Kier molecular flexibility index (Phi) is 5.17. The van der Waals surface area contributed by atoms with Crippen molar-refractivity contribution in [3.63, 3.8) is 0 Å². The van der Waals surface area contributed by atoms with E-state index < -0.39 is 5.91 Å². The zero-order chi connectivity index (χ0) is 20.4. The number of carbonyl (C=O) groups excluding carboxylic acids is 2. The van der Waals surface area contributed by atoms with Crippen molar-refractivity contribution in [3.8, 4) is 11.1 Å². The van der Waals surface area contributed by atoms with Crippen LogP contribution in [-0.4, -0.2) is 17.9 Å². The Hall–Kier alpha value is -3.40. The fourth-order valence-corrected chi connectivity index (χ4v) is 3.56. The van der Waals surface area contributed by atoms with Gasteiger partial charge in [0.25, 0.3) is 5.91 Å². The molecule has 0 aliphatic heterocycles. The number of hydrogen-bond acceptors (Lipinski definition) is 2. The fraction of sp³-hybridized carbons (Fsp3) is 0.200. The van der Waals surface area contributed by atoms with E-state index in [0.717, 1.165) is 35.1 Å². The van der Waals surface area contributed by atoms with Crippen molar-refractivity contribution in [2.45, 2.75) is 32.2 Å². The van der Waals surface area contributed by atoms with Gasteiger partial charge in [-0.3, -0.25) is 9.59 Å². The molecule has 1 aliphatic carbocycles. The number of carbonyl (C=O) groups is 2. The van der Waals surface area contributed by atoms with E-state index in [9.17, 15) is 9.59 Å². The highest BCUT2D eigenvalue weighted by molar-refractivity contribution is 5.98. The highest BCUT2D eigenvalue weighted by Crippen LogP contribution is 2.29. The van der Waals surface area contributed by atoms with Crippen LogP contribution >= 0.6 is 0 Å². The van der Waals surface area contributed by atoms with E-state index in [-0.39, 0.29) is 5.91 Å². The van der Waals surface area contributed by atoms with Gasteiger partial charge in [-0.15, -0.1) is 0 Å². The molecule has 1 aliphatic rings. The molecule has 4 heteroatoms. The van der Waals surface area contributed by atoms with Crippen molar-refractivity contribution in [1.29, 1.82) is 0 Å². The van der Waals surface area contributed by atoms with Crippen LogP contribution in [0.1, 0.15) is 50.2 Å². The minimum absolute atomic E-state index is 0.0200. The van der Waals surface area contributed by atoms with Crippen molar-refractivity contribution in [1.82, 2.24) is 5.32 Å². The highest BCUT2D eigenvalue weighted by atomic mass is 16.2. The van der Waals surface area contributed by atoms with Crippen molar-refractivity contribution < 1.29 is 9.59 Å². The smallest absolute Gasteiger partial charge is 0.251 e. The molecular weight excluding hydrogens is 360 g/mol. The Morgan fingerprint density at radius 1 is 1.00 bits per heavy atom. The first kappa shape index (κ1) is 18.9. The summed E-state index contributed by atoms with van der Waals surface area (Å²) in [6, 6.07) is 21.8. The average Bonchev–Trinajstić information content (AvgIpc) is 3.53. The summed E-state index contributed by atoms with van der Waals surface area (Å²) in [5.74, 6) is -0.468. The maximum atomic E-state index is 13.0. The summed E-state index contributed by atoms with van der Waals surface area (Å²) in [7, 11) is 0. The molecule has 29 heavy (non-hydrogen) atoms. The standard InChI is InChI=1S/C25H24N2O2/c1-16-13-20(14-17-5-3-2-4-6-17)23(25(29)27-21-11-12-21)15-22(16)18-7-9-19(10-8-18)24(26)28/h2-10,13,15,21H,11-12,14H2,1H3,(H2,26,28)(H,27,29). The summed E-state index contributed by atoms with van der Waals surface area (Å²) in [5, 5.41) is 3.12. The van der Waals surface area contributed by atoms with E-state index in [0.29, 0.717) is 23.6 Å².